The number of aryl methyl sites for hydroxylation is 2. The Morgan fingerprint density at radius 1 is 0.667 bits per heavy atom. The van der Waals surface area contributed by atoms with Gasteiger partial charge in [-0.25, -0.2) is 18.3 Å². The minimum atomic E-state index is -4.69. The lowest BCUT2D eigenvalue weighted by atomic mass is 10.0. The molecule has 4 aromatic carbocycles. The van der Waals surface area contributed by atoms with Crippen LogP contribution in [0.15, 0.2) is 97.1 Å². The van der Waals surface area contributed by atoms with Crippen molar-refractivity contribution < 1.29 is 31.6 Å². The Hall–Kier alpha value is -5.14. The van der Waals surface area contributed by atoms with Crippen molar-refractivity contribution in [3.05, 3.63) is 131 Å². The highest BCUT2D eigenvalue weighted by atomic mass is 32.2. The normalized spacial score (nSPS) is 12.5. The summed E-state index contributed by atoms with van der Waals surface area (Å²) in [4.78, 5) is 42.9. The van der Waals surface area contributed by atoms with E-state index in [1.807, 2.05) is 4.72 Å². The van der Waals surface area contributed by atoms with Crippen LogP contribution in [0.3, 0.4) is 0 Å². The van der Waals surface area contributed by atoms with Crippen molar-refractivity contribution in [2.24, 2.45) is 0 Å². The van der Waals surface area contributed by atoms with Gasteiger partial charge in [-0.1, -0.05) is 60.7 Å². The minimum absolute atomic E-state index is 0.0160. The predicted molar refractivity (Wildman–Crippen MR) is 181 cm³/mol. The Balaban J connectivity index is 1.54. The monoisotopic (exact) mass is 677 g/mol. The number of carbonyl (C=O) groups excluding carboxylic acids is 3. The Bertz CT molecular complexity index is 1880. The molecule has 0 aliphatic rings. The molecule has 4 aromatic rings. The molecule has 48 heavy (non-hydrogen) atoms. The van der Waals surface area contributed by atoms with E-state index in [1.54, 1.807) is 67.6 Å². The maximum atomic E-state index is 13.9. The number of amides is 4. The third-order valence-corrected chi connectivity index (χ3v) is 8.76. The molecule has 0 bridgehead atoms. The Kier molecular flexibility index (Phi) is 11.6. The molecule has 0 aromatic heterocycles. The molecule has 0 unspecified atom stereocenters. The molecule has 0 radical (unpaired) electrons. The van der Waals surface area contributed by atoms with Crippen molar-refractivity contribution in [1.82, 2.24) is 14.8 Å². The maximum Gasteiger partial charge on any atom is 0.330 e. The molecular formula is C35H37F2N5O5S. The van der Waals surface area contributed by atoms with Gasteiger partial charge in [-0.3, -0.25) is 9.59 Å². The molecule has 0 aliphatic heterocycles. The van der Waals surface area contributed by atoms with E-state index in [0.29, 0.717) is 33.6 Å². The molecule has 0 saturated carbocycles. The largest absolute Gasteiger partial charge is 0.330 e. The fourth-order valence-corrected chi connectivity index (χ4v) is 5.92. The summed E-state index contributed by atoms with van der Waals surface area (Å²) in [5.74, 6) is -2.15. The van der Waals surface area contributed by atoms with Crippen molar-refractivity contribution in [2.45, 2.75) is 38.8 Å². The molecule has 4 amide bonds. The summed E-state index contributed by atoms with van der Waals surface area (Å²) >= 11 is 0. The molecule has 10 nitrogen and oxygen atoms in total. The van der Waals surface area contributed by atoms with Crippen molar-refractivity contribution >= 4 is 39.4 Å². The average molecular weight is 678 g/mol. The number of urea groups is 1. The number of halogens is 2. The van der Waals surface area contributed by atoms with E-state index >= 15 is 0 Å². The predicted octanol–water partition coefficient (Wildman–Crippen LogP) is 4.56. The van der Waals surface area contributed by atoms with E-state index in [2.05, 4.69) is 10.0 Å². The van der Waals surface area contributed by atoms with Gasteiger partial charge < -0.3 is 15.1 Å². The summed E-state index contributed by atoms with van der Waals surface area (Å²) in [5.41, 5.74) is 2.65. The zero-order valence-electron chi connectivity index (χ0n) is 26.9. The Morgan fingerprint density at radius 2 is 1.08 bits per heavy atom. The van der Waals surface area contributed by atoms with Crippen LogP contribution in [0.1, 0.15) is 22.3 Å². The average Bonchev–Trinajstić information content (AvgIpc) is 3.05. The van der Waals surface area contributed by atoms with Gasteiger partial charge in [-0.2, -0.15) is 13.1 Å². The standard InChI is InChI=1S/C35H37F2N5O5S/c1-23-19-27(15-17-29(23)36)41(3)33(43)31(21-25-11-7-5-8-12-25)38-35(45)40-48(46,47)39-32(22-26-13-9-6-10-14-26)34(44)42(4)28-16-18-30(37)24(2)20-28/h5-20,31-32,39H,21-22H2,1-4H3,(H2,38,40,45)/t31-,32-/m0/s1. The van der Waals surface area contributed by atoms with Crippen LogP contribution in [-0.4, -0.2) is 52.4 Å². The third-order valence-electron chi connectivity index (χ3n) is 7.71. The van der Waals surface area contributed by atoms with Crippen molar-refractivity contribution in [3.8, 4) is 0 Å². The number of anilines is 2. The summed E-state index contributed by atoms with van der Waals surface area (Å²) in [5, 5.41) is 2.44. The molecule has 0 fully saturated rings. The van der Waals surface area contributed by atoms with E-state index in [-0.39, 0.29) is 12.8 Å². The van der Waals surface area contributed by atoms with E-state index in [1.165, 1.54) is 67.2 Å². The molecule has 3 N–H and O–H groups in total. The Labute approximate surface area is 278 Å². The van der Waals surface area contributed by atoms with Crippen LogP contribution in [0.4, 0.5) is 25.0 Å². The van der Waals surface area contributed by atoms with Gasteiger partial charge in [0.05, 0.1) is 0 Å². The first kappa shape index (κ1) is 35.7. The first-order valence-corrected chi connectivity index (χ1v) is 16.5. The molecule has 13 heteroatoms. The summed E-state index contributed by atoms with van der Waals surface area (Å²) in [6, 6.07) is 21.8. The van der Waals surface area contributed by atoms with Gasteiger partial charge in [-0.05, 0) is 78.9 Å². The second-order valence-electron chi connectivity index (χ2n) is 11.3. The highest BCUT2D eigenvalue weighted by Crippen LogP contribution is 2.20. The van der Waals surface area contributed by atoms with E-state index < -0.39 is 51.8 Å². The van der Waals surface area contributed by atoms with Crippen LogP contribution < -0.4 is 24.6 Å². The summed E-state index contributed by atoms with van der Waals surface area (Å²) in [6.07, 6.45) is -0.0498. The second-order valence-corrected chi connectivity index (χ2v) is 12.8. The number of benzene rings is 4. The topological polar surface area (TPSA) is 128 Å². The van der Waals surface area contributed by atoms with Crippen LogP contribution in [0.25, 0.3) is 0 Å². The van der Waals surface area contributed by atoms with Gasteiger partial charge in [-0.15, -0.1) is 0 Å². The molecular weight excluding hydrogens is 640 g/mol. The van der Waals surface area contributed by atoms with Gasteiger partial charge in [0.2, 0.25) is 11.8 Å². The molecule has 0 saturated heterocycles. The molecule has 4 rings (SSSR count). The fraction of sp³-hybridized carbons (Fsp3) is 0.229. The summed E-state index contributed by atoms with van der Waals surface area (Å²) < 4.78 is 58.5. The van der Waals surface area contributed by atoms with E-state index in [0.717, 1.165) is 0 Å². The first-order chi connectivity index (χ1) is 22.7. The number of carbonyl (C=O) groups is 3. The van der Waals surface area contributed by atoms with Crippen LogP contribution in [0.5, 0.6) is 0 Å². The van der Waals surface area contributed by atoms with Gasteiger partial charge in [0.15, 0.2) is 0 Å². The van der Waals surface area contributed by atoms with Crippen molar-refractivity contribution in [1.29, 1.82) is 0 Å². The van der Waals surface area contributed by atoms with E-state index in [4.69, 9.17) is 0 Å². The van der Waals surface area contributed by atoms with Crippen molar-refractivity contribution in [2.75, 3.05) is 23.9 Å². The highest BCUT2D eigenvalue weighted by Gasteiger charge is 2.31. The smallest absolute Gasteiger partial charge is 0.325 e. The molecule has 0 aliphatic carbocycles. The number of hydrogen-bond donors (Lipinski definition) is 3. The van der Waals surface area contributed by atoms with Gasteiger partial charge in [0.25, 0.3) is 0 Å². The third kappa shape index (κ3) is 9.46. The van der Waals surface area contributed by atoms with Gasteiger partial charge in [0.1, 0.15) is 23.7 Å². The Morgan fingerprint density at radius 3 is 1.52 bits per heavy atom. The minimum Gasteiger partial charge on any atom is -0.325 e. The van der Waals surface area contributed by atoms with Crippen LogP contribution in [0.2, 0.25) is 0 Å². The fourth-order valence-electron chi connectivity index (χ4n) is 5.00. The number of rotatable bonds is 12. The summed E-state index contributed by atoms with van der Waals surface area (Å²) in [7, 11) is -1.80. The number of nitrogens with one attached hydrogen (secondary N) is 3. The lowest BCUT2D eigenvalue weighted by Crippen LogP contribution is -2.57. The van der Waals surface area contributed by atoms with E-state index in [9.17, 15) is 31.6 Å². The lowest BCUT2D eigenvalue weighted by Gasteiger charge is -2.26. The number of nitrogens with zero attached hydrogens (tertiary/aromatic N) is 2. The van der Waals surface area contributed by atoms with Crippen molar-refractivity contribution in [3.63, 3.8) is 0 Å². The zero-order valence-corrected chi connectivity index (χ0v) is 27.7. The molecule has 0 spiro atoms. The van der Waals surface area contributed by atoms with Crippen LogP contribution in [-0.2, 0) is 32.6 Å². The maximum absolute atomic E-state index is 13.9. The molecule has 2 atom stereocenters. The SMILES string of the molecule is Cc1cc(N(C)C(=O)[C@H](Cc2ccccc2)NC(=O)NS(=O)(=O)N[C@@H](Cc2ccccc2)C(=O)N(C)c2ccc(F)c(C)c2)ccc1F. The summed E-state index contributed by atoms with van der Waals surface area (Å²) in [6.45, 7) is 3.09. The quantitative estimate of drug-likeness (QED) is 0.203. The lowest BCUT2D eigenvalue weighted by molar-refractivity contribution is -0.120. The zero-order chi connectivity index (χ0) is 35.0. The van der Waals surface area contributed by atoms with Gasteiger partial charge in [0, 0.05) is 31.9 Å². The number of likely N-dealkylation sites (N-methyl/N-ethyl adjacent to an activating group) is 2. The molecule has 252 valence electrons. The first-order valence-electron chi connectivity index (χ1n) is 15.0. The number of hydrogen-bond acceptors (Lipinski definition) is 5. The van der Waals surface area contributed by atoms with Gasteiger partial charge >= 0.3 is 16.2 Å². The second kappa shape index (κ2) is 15.6. The van der Waals surface area contributed by atoms with Crippen LogP contribution in [0, 0.1) is 25.5 Å². The van der Waals surface area contributed by atoms with Crippen LogP contribution >= 0.6 is 0 Å². The highest BCUT2D eigenvalue weighted by molar-refractivity contribution is 7.88. The molecule has 0 heterocycles.